The minimum Gasteiger partial charge on any atom is -0.486 e. The van der Waals surface area contributed by atoms with Gasteiger partial charge in [0.1, 0.15) is 18.8 Å². The van der Waals surface area contributed by atoms with E-state index < -0.39 is 10.8 Å². The van der Waals surface area contributed by atoms with E-state index in [4.69, 9.17) is 14.3 Å². The Balaban J connectivity index is 2.39. The molecule has 8 nitrogen and oxygen atoms in total. The van der Waals surface area contributed by atoms with E-state index in [1.807, 2.05) is 0 Å². The molecule has 0 atom stereocenters. The van der Waals surface area contributed by atoms with Crippen LogP contribution in [0.25, 0.3) is 0 Å². The first-order chi connectivity index (χ1) is 9.13. The second-order valence-corrected chi connectivity index (χ2v) is 3.63. The van der Waals surface area contributed by atoms with Crippen molar-refractivity contribution in [3.63, 3.8) is 0 Å². The lowest BCUT2D eigenvalue weighted by molar-refractivity contribution is -0.385. The fourth-order valence-electron chi connectivity index (χ4n) is 1.60. The van der Waals surface area contributed by atoms with E-state index in [9.17, 15) is 14.9 Å². The number of nitrogens with zero attached hydrogens (tertiary/aromatic N) is 1. The molecule has 0 fully saturated rings. The number of hydrogen-bond donors (Lipinski definition) is 1. The average Bonchev–Trinajstić information content (AvgIpc) is 2.43. The molecule has 102 valence electrons. The molecule has 0 aromatic heterocycles. The second kappa shape index (κ2) is 5.53. The Morgan fingerprint density at radius 3 is 2.63 bits per heavy atom. The van der Waals surface area contributed by atoms with Gasteiger partial charge in [-0.2, -0.15) is 0 Å². The van der Waals surface area contributed by atoms with Gasteiger partial charge in [0, 0.05) is 6.07 Å². The minimum absolute atomic E-state index is 0.136. The summed E-state index contributed by atoms with van der Waals surface area (Å²) in [6, 6.07) is 2.45. The summed E-state index contributed by atoms with van der Waals surface area (Å²) < 4.78 is 10.5. The Morgan fingerprint density at radius 1 is 1.42 bits per heavy atom. The summed E-state index contributed by atoms with van der Waals surface area (Å²) >= 11 is 0. The van der Waals surface area contributed by atoms with Crippen molar-refractivity contribution < 1.29 is 24.0 Å². The van der Waals surface area contributed by atoms with Crippen LogP contribution in [-0.4, -0.2) is 30.7 Å². The number of nitro benzene ring substituents is 1. The second-order valence-electron chi connectivity index (χ2n) is 3.63. The van der Waals surface area contributed by atoms with E-state index >= 15 is 0 Å². The van der Waals surface area contributed by atoms with Crippen LogP contribution >= 0.6 is 0 Å². The van der Waals surface area contributed by atoms with Gasteiger partial charge in [-0.3, -0.25) is 19.7 Å². The number of rotatable bonds is 4. The van der Waals surface area contributed by atoms with Crippen LogP contribution < -0.4 is 15.0 Å². The maximum absolute atomic E-state index is 11.8. The molecule has 0 radical (unpaired) electrons. The molecule has 0 unspecified atom stereocenters. The fraction of sp³-hybridized carbons (Fsp3) is 0.364. The molecule has 1 amide bonds. The zero-order valence-electron chi connectivity index (χ0n) is 10.2. The zero-order valence-corrected chi connectivity index (χ0v) is 10.2. The van der Waals surface area contributed by atoms with Crippen molar-refractivity contribution >= 4 is 11.6 Å². The summed E-state index contributed by atoms with van der Waals surface area (Å²) in [5.41, 5.74) is 1.61. The van der Waals surface area contributed by atoms with Gasteiger partial charge in [-0.1, -0.05) is 0 Å². The number of hydroxylamine groups is 1. The zero-order chi connectivity index (χ0) is 13.8. The molecular formula is C11H12N2O6. The highest BCUT2D eigenvalue weighted by atomic mass is 16.7. The minimum atomic E-state index is -0.703. The first-order valence-electron chi connectivity index (χ1n) is 5.63. The highest BCUT2D eigenvalue weighted by molar-refractivity contribution is 5.98. The summed E-state index contributed by atoms with van der Waals surface area (Å²) in [5, 5.41) is 11.0. The monoisotopic (exact) mass is 268 g/mol. The summed E-state index contributed by atoms with van der Waals surface area (Å²) in [6.45, 7) is 2.58. The number of carbonyl (C=O) groups is 1. The highest BCUT2D eigenvalue weighted by Gasteiger charge is 2.26. The quantitative estimate of drug-likeness (QED) is 0.647. The fourth-order valence-corrected chi connectivity index (χ4v) is 1.60. The van der Waals surface area contributed by atoms with Gasteiger partial charge in [-0.25, -0.2) is 5.48 Å². The molecule has 0 aliphatic carbocycles. The van der Waals surface area contributed by atoms with Gasteiger partial charge in [0.25, 0.3) is 11.6 Å². The van der Waals surface area contributed by atoms with Gasteiger partial charge in [-0.15, -0.1) is 0 Å². The predicted octanol–water partition coefficient (Wildman–Crippen LogP) is 1.05. The van der Waals surface area contributed by atoms with Gasteiger partial charge in [-0.05, 0) is 6.92 Å². The third-order valence-corrected chi connectivity index (χ3v) is 2.41. The smallest absolute Gasteiger partial charge is 0.286 e. The Morgan fingerprint density at radius 2 is 2.05 bits per heavy atom. The van der Waals surface area contributed by atoms with Crippen LogP contribution in [-0.2, 0) is 4.84 Å². The van der Waals surface area contributed by atoms with Crippen molar-refractivity contribution in [1.82, 2.24) is 5.48 Å². The van der Waals surface area contributed by atoms with Gasteiger partial charge >= 0.3 is 0 Å². The normalized spacial score (nSPS) is 12.9. The topological polar surface area (TPSA) is 99.9 Å². The van der Waals surface area contributed by atoms with Gasteiger partial charge in [0.15, 0.2) is 11.5 Å². The number of hydrogen-bond acceptors (Lipinski definition) is 6. The molecule has 1 heterocycles. The summed E-state index contributed by atoms with van der Waals surface area (Å²) in [5.74, 6) is -0.144. The molecule has 2 rings (SSSR count). The number of carbonyl (C=O) groups excluding carboxylic acids is 1. The van der Waals surface area contributed by atoms with E-state index in [0.29, 0.717) is 19.0 Å². The molecule has 1 aliphatic rings. The molecule has 1 aromatic carbocycles. The van der Waals surface area contributed by atoms with Gasteiger partial charge in [0.2, 0.25) is 0 Å². The summed E-state index contributed by atoms with van der Waals surface area (Å²) in [6.07, 6.45) is 0. The summed E-state index contributed by atoms with van der Waals surface area (Å²) in [4.78, 5) is 26.8. The van der Waals surface area contributed by atoms with Crippen LogP contribution in [0.2, 0.25) is 0 Å². The SMILES string of the molecule is CCONC(=O)c1cc2c(cc1[N+](=O)[O-])OCCO2. The molecule has 1 aromatic rings. The van der Waals surface area contributed by atoms with Crippen LogP contribution in [0.15, 0.2) is 12.1 Å². The van der Waals surface area contributed by atoms with E-state index in [1.165, 1.54) is 12.1 Å². The van der Waals surface area contributed by atoms with Crippen molar-refractivity contribution in [2.24, 2.45) is 0 Å². The van der Waals surface area contributed by atoms with Crippen LogP contribution in [0.5, 0.6) is 11.5 Å². The molecule has 1 aliphatic heterocycles. The average molecular weight is 268 g/mol. The number of amides is 1. The Kier molecular flexibility index (Phi) is 3.81. The Hall–Kier alpha value is -2.35. The van der Waals surface area contributed by atoms with E-state index in [-0.39, 0.29) is 23.6 Å². The lowest BCUT2D eigenvalue weighted by Crippen LogP contribution is -2.25. The van der Waals surface area contributed by atoms with Crippen LogP contribution in [0.4, 0.5) is 5.69 Å². The largest absolute Gasteiger partial charge is 0.486 e. The molecule has 8 heteroatoms. The van der Waals surface area contributed by atoms with Crippen molar-refractivity contribution in [2.75, 3.05) is 19.8 Å². The molecule has 19 heavy (non-hydrogen) atoms. The van der Waals surface area contributed by atoms with Crippen molar-refractivity contribution in [3.05, 3.63) is 27.8 Å². The van der Waals surface area contributed by atoms with Crippen molar-refractivity contribution in [1.29, 1.82) is 0 Å². The maximum Gasteiger partial charge on any atom is 0.286 e. The molecule has 0 spiro atoms. The first kappa shape index (κ1) is 13.1. The number of benzene rings is 1. The number of nitrogens with one attached hydrogen (secondary N) is 1. The molecular weight excluding hydrogens is 256 g/mol. The van der Waals surface area contributed by atoms with Crippen LogP contribution in [0.3, 0.4) is 0 Å². The highest BCUT2D eigenvalue weighted by Crippen LogP contribution is 2.36. The van der Waals surface area contributed by atoms with Gasteiger partial charge in [0.05, 0.1) is 17.6 Å². The lowest BCUT2D eigenvalue weighted by Gasteiger charge is -2.18. The summed E-state index contributed by atoms with van der Waals surface area (Å²) in [7, 11) is 0. The Labute approximate surface area is 108 Å². The van der Waals surface area contributed by atoms with Crippen LogP contribution in [0.1, 0.15) is 17.3 Å². The van der Waals surface area contributed by atoms with Crippen LogP contribution in [0, 0.1) is 10.1 Å². The third-order valence-electron chi connectivity index (χ3n) is 2.41. The first-order valence-corrected chi connectivity index (χ1v) is 5.63. The number of nitro groups is 1. The lowest BCUT2D eigenvalue weighted by atomic mass is 10.1. The van der Waals surface area contributed by atoms with E-state index in [1.54, 1.807) is 6.92 Å². The molecule has 1 N–H and O–H groups in total. The van der Waals surface area contributed by atoms with Crippen molar-refractivity contribution in [3.8, 4) is 11.5 Å². The predicted molar refractivity (Wildman–Crippen MR) is 63.2 cm³/mol. The number of ether oxygens (including phenoxy) is 2. The van der Waals surface area contributed by atoms with Gasteiger partial charge < -0.3 is 9.47 Å². The third kappa shape index (κ3) is 2.74. The van der Waals surface area contributed by atoms with E-state index in [0.717, 1.165) is 0 Å². The molecule has 0 saturated heterocycles. The molecule has 0 bridgehead atoms. The van der Waals surface area contributed by atoms with E-state index in [2.05, 4.69) is 5.48 Å². The Bertz CT molecular complexity index is 516. The van der Waals surface area contributed by atoms with Crippen molar-refractivity contribution in [2.45, 2.75) is 6.92 Å². The number of fused-ring (bicyclic) bond motifs is 1. The molecule has 0 saturated carbocycles. The maximum atomic E-state index is 11.8. The standard InChI is InChI=1S/C11H12N2O6/c1-2-19-12-11(14)7-5-9-10(18-4-3-17-9)6-8(7)13(15)16/h5-6H,2-4H2,1H3,(H,12,14).